The minimum absolute atomic E-state index is 0.177. The third-order valence-corrected chi connectivity index (χ3v) is 10.3. The first kappa shape index (κ1) is 34.8. The van der Waals surface area contributed by atoms with E-state index in [1.54, 1.807) is 24.5 Å². The Morgan fingerprint density at radius 1 is 0.740 bits per heavy atom. The van der Waals surface area contributed by atoms with Gasteiger partial charge in [-0.3, -0.25) is 4.79 Å². The van der Waals surface area contributed by atoms with E-state index in [2.05, 4.69) is 31.3 Å². The molecule has 7 rings (SSSR count). The number of nitrogens with one attached hydrogen (secondary N) is 2. The Kier molecular flexibility index (Phi) is 9.36. The molecule has 10 N–H and O–H groups in total. The molecular formula is C30H42N9O11+. The second-order valence-corrected chi connectivity index (χ2v) is 13.6. The Bertz CT molecular complexity index is 1580. The van der Waals surface area contributed by atoms with Crippen LogP contribution in [0.1, 0.15) is 47.0 Å². The van der Waals surface area contributed by atoms with Gasteiger partial charge in [0.1, 0.15) is 79.0 Å². The zero-order chi connectivity index (χ0) is 35.4. The van der Waals surface area contributed by atoms with Crippen molar-refractivity contribution in [3.8, 4) is 0 Å². The minimum Gasteiger partial charge on any atom is -0.394 e. The van der Waals surface area contributed by atoms with Gasteiger partial charge in [-0.15, -0.1) is 10.2 Å². The quantitative estimate of drug-likeness (QED) is 0.0993. The van der Waals surface area contributed by atoms with Crippen LogP contribution in [0.2, 0.25) is 0 Å². The van der Waals surface area contributed by atoms with Crippen molar-refractivity contribution in [2.45, 2.75) is 92.9 Å². The molecule has 20 heteroatoms. The lowest BCUT2D eigenvalue weighted by Crippen LogP contribution is -2.66. The molecule has 3 fully saturated rings. The van der Waals surface area contributed by atoms with E-state index in [4.69, 9.17) is 9.47 Å². The van der Waals surface area contributed by atoms with Crippen LogP contribution in [0.3, 0.4) is 0 Å². The van der Waals surface area contributed by atoms with Crippen molar-refractivity contribution in [2.75, 3.05) is 31.6 Å². The first-order valence-corrected chi connectivity index (χ1v) is 16.4. The number of ether oxygens (including phenoxy) is 2. The molecular weight excluding hydrogens is 662 g/mol. The molecule has 1 spiro atoms. The highest BCUT2D eigenvalue weighted by atomic mass is 16.6. The summed E-state index contributed by atoms with van der Waals surface area (Å²) in [6.07, 6.45) is -9.94. The van der Waals surface area contributed by atoms with Gasteiger partial charge < -0.3 is 65.4 Å². The normalized spacial score (nSPS) is 34.9. The zero-order valence-electron chi connectivity index (χ0n) is 26.8. The molecule has 4 aliphatic rings. The lowest BCUT2D eigenvalue weighted by molar-refractivity contribution is -0.959. The molecule has 3 aromatic rings. The smallest absolute Gasteiger partial charge is 0.255 e. The number of aliphatic hydroxyl groups excluding tert-OH is 8. The van der Waals surface area contributed by atoms with Gasteiger partial charge in [0.15, 0.2) is 12.5 Å². The summed E-state index contributed by atoms with van der Waals surface area (Å²) in [6.45, 7) is 0.424. The van der Waals surface area contributed by atoms with Gasteiger partial charge in [0.05, 0.1) is 44.3 Å². The van der Waals surface area contributed by atoms with E-state index in [-0.39, 0.29) is 5.91 Å². The lowest BCUT2D eigenvalue weighted by atomic mass is 9.90. The average molecular weight is 705 g/mol. The van der Waals surface area contributed by atoms with Gasteiger partial charge in [-0.05, 0) is 12.1 Å². The van der Waals surface area contributed by atoms with Crippen LogP contribution < -0.4 is 10.6 Å². The largest absolute Gasteiger partial charge is 0.394 e. The van der Waals surface area contributed by atoms with Gasteiger partial charge in [0, 0.05) is 18.5 Å². The number of piperidine rings is 1. The predicted octanol–water partition coefficient (Wildman–Crippen LogP) is -4.32. The molecule has 2 aromatic heterocycles. The van der Waals surface area contributed by atoms with Crippen molar-refractivity contribution >= 4 is 11.6 Å². The first-order valence-electron chi connectivity index (χ1n) is 16.4. The van der Waals surface area contributed by atoms with Crippen molar-refractivity contribution < 1.29 is 59.6 Å². The molecule has 50 heavy (non-hydrogen) atoms. The molecule has 3 saturated heterocycles. The van der Waals surface area contributed by atoms with Crippen LogP contribution in [0.4, 0.5) is 5.69 Å². The van der Waals surface area contributed by atoms with Gasteiger partial charge in [-0.25, -0.2) is 9.36 Å². The Morgan fingerprint density at radius 3 is 1.74 bits per heavy atom. The third kappa shape index (κ3) is 6.26. The van der Waals surface area contributed by atoms with Crippen LogP contribution in [-0.2, 0) is 22.6 Å². The van der Waals surface area contributed by atoms with E-state index in [1.807, 2.05) is 12.1 Å². The summed E-state index contributed by atoms with van der Waals surface area (Å²) in [4.78, 5) is 13.1. The molecule has 1 aromatic carbocycles. The van der Waals surface area contributed by atoms with Crippen LogP contribution in [0.5, 0.6) is 0 Å². The van der Waals surface area contributed by atoms with Crippen molar-refractivity contribution in [3.05, 3.63) is 53.6 Å². The van der Waals surface area contributed by atoms with Gasteiger partial charge in [0.2, 0.25) is 0 Å². The van der Waals surface area contributed by atoms with Gasteiger partial charge in [0.25, 0.3) is 5.91 Å². The maximum Gasteiger partial charge on any atom is 0.255 e. The SMILES string of the molecule is O=C1NC2(CC[N+](Cc3cn([C@@H]4O[C@H](CO)[C@@H](O)[C@H](O)[C@H]4O)nn3)(Cc3cn([C@@H]4O[C@H](CO)[C@@H](O)[C@H](O)[C@H]4O)nn3)CC2)Nc2ccccc21. The van der Waals surface area contributed by atoms with E-state index in [9.17, 15) is 45.6 Å². The highest BCUT2D eigenvalue weighted by Gasteiger charge is 2.49. The predicted molar refractivity (Wildman–Crippen MR) is 165 cm³/mol. The summed E-state index contributed by atoms with van der Waals surface area (Å²) in [7, 11) is 0. The fourth-order valence-electron chi connectivity index (χ4n) is 7.39. The number of amides is 1. The van der Waals surface area contributed by atoms with Crippen LogP contribution in [-0.4, -0.2) is 162 Å². The number of anilines is 1. The van der Waals surface area contributed by atoms with E-state index in [1.165, 1.54) is 9.36 Å². The summed E-state index contributed by atoms with van der Waals surface area (Å²) in [5.74, 6) is -0.177. The van der Waals surface area contributed by atoms with Crippen molar-refractivity contribution in [1.82, 2.24) is 35.3 Å². The van der Waals surface area contributed by atoms with Gasteiger partial charge in [-0.2, -0.15) is 0 Å². The first-order chi connectivity index (χ1) is 23.9. The molecule has 272 valence electrons. The highest BCUT2D eigenvalue weighted by molar-refractivity contribution is 6.02. The number of likely N-dealkylation sites (tertiary alicyclic amines) is 1. The Morgan fingerprint density at radius 2 is 1.24 bits per heavy atom. The van der Waals surface area contributed by atoms with Crippen molar-refractivity contribution in [2.24, 2.45) is 0 Å². The molecule has 6 heterocycles. The van der Waals surface area contributed by atoms with E-state index in [0.29, 0.717) is 60.5 Å². The molecule has 1 amide bonds. The molecule has 0 unspecified atom stereocenters. The molecule has 0 saturated carbocycles. The fourth-order valence-corrected chi connectivity index (χ4v) is 7.39. The Hall–Kier alpha value is -3.67. The van der Waals surface area contributed by atoms with Crippen LogP contribution >= 0.6 is 0 Å². The number of aliphatic hydroxyl groups is 8. The Labute approximate surface area is 284 Å². The number of fused-ring (bicyclic) bond motifs is 1. The molecule has 4 aliphatic heterocycles. The number of carbonyl (C=O) groups is 1. The molecule has 0 radical (unpaired) electrons. The van der Waals surface area contributed by atoms with E-state index >= 15 is 0 Å². The summed E-state index contributed by atoms with van der Waals surface area (Å²) in [5, 5.41) is 105. The zero-order valence-corrected chi connectivity index (χ0v) is 26.8. The van der Waals surface area contributed by atoms with Crippen LogP contribution in [0.25, 0.3) is 0 Å². The van der Waals surface area contributed by atoms with E-state index in [0.717, 1.165) is 5.69 Å². The minimum atomic E-state index is -1.59. The number of hydrogen-bond acceptors (Lipinski definition) is 16. The van der Waals surface area contributed by atoms with Crippen LogP contribution in [0, 0.1) is 0 Å². The maximum absolute atomic E-state index is 13.1. The van der Waals surface area contributed by atoms with Gasteiger partial charge >= 0.3 is 0 Å². The number of aromatic nitrogens is 6. The number of nitrogens with zero attached hydrogens (tertiary/aromatic N) is 7. The summed E-state index contributed by atoms with van der Waals surface area (Å²) >= 11 is 0. The highest BCUT2D eigenvalue weighted by Crippen LogP contribution is 2.36. The Balaban J connectivity index is 1.14. The number of benzene rings is 1. The number of carbonyl (C=O) groups excluding carboxylic acids is 1. The number of rotatable bonds is 8. The summed E-state index contributed by atoms with van der Waals surface area (Å²) in [6, 6.07) is 7.28. The topological polar surface area (TPSA) is 283 Å². The van der Waals surface area contributed by atoms with Crippen molar-refractivity contribution in [1.29, 1.82) is 0 Å². The lowest BCUT2D eigenvalue weighted by Gasteiger charge is -2.50. The molecule has 10 atom stereocenters. The van der Waals surface area contributed by atoms with E-state index < -0.39 is 80.2 Å². The van der Waals surface area contributed by atoms with Crippen molar-refractivity contribution in [3.63, 3.8) is 0 Å². The number of hydrogen-bond donors (Lipinski definition) is 10. The third-order valence-electron chi connectivity index (χ3n) is 10.3. The summed E-state index contributed by atoms with van der Waals surface area (Å²) < 4.78 is 14.1. The van der Waals surface area contributed by atoms with Crippen LogP contribution in [0.15, 0.2) is 36.7 Å². The number of para-hydroxylation sites is 1. The summed E-state index contributed by atoms with van der Waals surface area (Å²) in [5.41, 5.74) is 1.56. The maximum atomic E-state index is 13.1. The fraction of sp³-hybridized carbons (Fsp3) is 0.633. The monoisotopic (exact) mass is 704 g/mol. The standard InChI is InChI=1S/C30H41N9O11/c40-13-19-21(42)23(44)25(46)28(49-19)37-9-15(33-35-37)11-39(7-5-30(6-8-39)31-18-4-2-1-3-17(18)27(48)32-30)12-16-10-38(36-34-16)29-26(47)24(45)22(43)20(14-41)50-29/h1-4,9-10,19-26,28-29,40-47H,5-8,11-14H2,(H-,31,32,48)/p+1/t19-,20-,21-,22-,23+,24+,25-,26-,28-,29-/m1/s1. The number of quaternary nitrogens is 1. The second kappa shape index (κ2) is 13.5. The molecule has 0 aliphatic carbocycles. The second-order valence-electron chi connectivity index (χ2n) is 13.6. The average Bonchev–Trinajstić information content (AvgIpc) is 3.77. The molecule has 0 bridgehead atoms. The van der Waals surface area contributed by atoms with Gasteiger partial charge in [-0.1, -0.05) is 22.6 Å². The molecule has 20 nitrogen and oxygen atoms in total.